The fraction of sp³-hybridized carbons (Fsp3) is 0.400. The van der Waals surface area contributed by atoms with Gasteiger partial charge in [0.15, 0.2) is 0 Å². The molecule has 2 heterocycles. The zero-order valence-corrected chi connectivity index (χ0v) is 11.6. The lowest BCUT2D eigenvalue weighted by atomic mass is 10.1. The number of anilines is 2. The Hall–Kier alpha value is -1.97. The van der Waals surface area contributed by atoms with Gasteiger partial charge in [-0.05, 0) is 37.5 Å². The van der Waals surface area contributed by atoms with Crippen LogP contribution in [0.15, 0.2) is 24.5 Å². The number of nitrogens with zero attached hydrogens (tertiary/aromatic N) is 3. The zero-order valence-electron chi connectivity index (χ0n) is 11.6. The molecule has 19 heavy (non-hydrogen) atoms. The summed E-state index contributed by atoms with van der Waals surface area (Å²) in [6.45, 7) is 7.18. The standard InChI is InChI=1S/C15H20N4/c1-11-9-13-3-5-19(15(13)10-14(11)16)8-7-18-6-4-17-12(18)2/h4,6,9-10H,3,5,7-8,16H2,1-2H3. The number of aromatic nitrogens is 2. The summed E-state index contributed by atoms with van der Waals surface area (Å²) in [5.41, 5.74) is 10.8. The summed E-state index contributed by atoms with van der Waals surface area (Å²) in [5.74, 6) is 1.07. The Morgan fingerprint density at radius 2 is 2.11 bits per heavy atom. The summed E-state index contributed by atoms with van der Waals surface area (Å²) < 4.78 is 2.19. The largest absolute Gasteiger partial charge is 0.398 e. The van der Waals surface area contributed by atoms with Gasteiger partial charge in [-0.25, -0.2) is 4.98 Å². The van der Waals surface area contributed by atoms with E-state index in [1.165, 1.54) is 16.8 Å². The van der Waals surface area contributed by atoms with Crippen molar-refractivity contribution in [3.63, 3.8) is 0 Å². The van der Waals surface area contributed by atoms with E-state index in [2.05, 4.69) is 33.5 Å². The van der Waals surface area contributed by atoms with Crippen LogP contribution in [0.5, 0.6) is 0 Å². The molecule has 0 atom stereocenters. The summed E-state index contributed by atoms with van der Waals surface area (Å²) >= 11 is 0. The van der Waals surface area contributed by atoms with Crippen molar-refractivity contribution in [2.45, 2.75) is 26.8 Å². The highest BCUT2D eigenvalue weighted by atomic mass is 15.2. The molecule has 1 aromatic carbocycles. The van der Waals surface area contributed by atoms with Gasteiger partial charge in [0.2, 0.25) is 0 Å². The predicted molar refractivity (Wildman–Crippen MR) is 78.5 cm³/mol. The molecule has 4 heteroatoms. The summed E-state index contributed by atoms with van der Waals surface area (Å²) in [6.07, 6.45) is 5.02. The van der Waals surface area contributed by atoms with E-state index >= 15 is 0 Å². The molecule has 0 amide bonds. The molecule has 1 aliphatic rings. The van der Waals surface area contributed by atoms with Crippen LogP contribution in [0.1, 0.15) is 17.0 Å². The number of imidazole rings is 1. The number of hydrogen-bond acceptors (Lipinski definition) is 3. The normalized spacial score (nSPS) is 13.9. The molecule has 0 spiro atoms. The SMILES string of the molecule is Cc1cc2c(cc1N)N(CCn1ccnc1C)CC2. The van der Waals surface area contributed by atoms with Gasteiger partial charge in [-0.1, -0.05) is 6.07 Å². The van der Waals surface area contributed by atoms with Crippen molar-refractivity contribution in [2.75, 3.05) is 23.7 Å². The fourth-order valence-electron chi connectivity index (χ4n) is 2.74. The second kappa shape index (κ2) is 4.61. The third-order valence-corrected chi connectivity index (χ3v) is 3.99. The summed E-state index contributed by atoms with van der Waals surface area (Å²) in [7, 11) is 0. The third kappa shape index (κ3) is 2.18. The molecule has 100 valence electrons. The maximum atomic E-state index is 6.03. The van der Waals surface area contributed by atoms with E-state index in [1.807, 2.05) is 19.3 Å². The summed E-state index contributed by atoms with van der Waals surface area (Å²) in [6, 6.07) is 4.35. The molecule has 1 aliphatic heterocycles. The Bertz CT molecular complexity index is 600. The van der Waals surface area contributed by atoms with Crippen LogP contribution in [-0.4, -0.2) is 22.6 Å². The van der Waals surface area contributed by atoms with Crippen molar-refractivity contribution in [1.82, 2.24) is 9.55 Å². The molecule has 2 aromatic rings. The molecule has 1 aromatic heterocycles. The summed E-state index contributed by atoms with van der Waals surface area (Å²) in [4.78, 5) is 6.68. The van der Waals surface area contributed by atoms with Crippen LogP contribution in [0, 0.1) is 13.8 Å². The van der Waals surface area contributed by atoms with E-state index in [0.717, 1.165) is 37.6 Å². The molecule has 0 aliphatic carbocycles. The van der Waals surface area contributed by atoms with Crippen LogP contribution in [0.4, 0.5) is 11.4 Å². The Kier molecular flexibility index (Phi) is 2.93. The predicted octanol–water partition coefficient (Wildman–Crippen LogP) is 2.14. The third-order valence-electron chi connectivity index (χ3n) is 3.99. The van der Waals surface area contributed by atoms with Crippen LogP contribution in [0.3, 0.4) is 0 Å². The molecule has 3 rings (SSSR count). The number of aryl methyl sites for hydroxylation is 2. The zero-order chi connectivity index (χ0) is 13.4. The molecule has 4 nitrogen and oxygen atoms in total. The second-order valence-corrected chi connectivity index (χ2v) is 5.24. The van der Waals surface area contributed by atoms with E-state index in [4.69, 9.17) is 5.73 Å². The topological polar surface area (TPSA) is 47.1 Å². The number of hydrogen-bond donors (Lipinski definition) is 1. The summed E-state index contributed by atoms with van der Waals surface area (Å²) in [5, 5.41) is 0. The van der Waals surface area contributed by atoms with Gasteiger partial charge in [0.1, 0.15) is 5.82 Å². The van der Waals surface area contributed by atoms with Gasteiger partial charge in [0.25, 0.3) is 0 Å². The molecule has 2 N–H and O–H groups in total. The second-order valence-electron chi connectivity index (χ2n) is 5.24. The highest BCUT2D eigenvalue weighted by Crippen LogP contribution is 2.31. The molecular weight excluding hydrogens is 236 g/mol. The molecule has 0 fully saturated rings. The Morgan fingerprint density at radius 1 is 1.26 bits per heavy atom. The maximum absolute atomic E-state index is 6.03. The molecule has 0 unspecified atom stereocenters. The Labute approximate surface area is 113 Å². The molecule has 0 bridgehead atoms. The first kappa shape index (κ1) is 12.1. The minimum absolute atomic E-state index is 0.893. The number of nitrogen functional groups attached to an aromatic ring is 1. The van der Waals surface area contributed by atoms with Gasteiger partial charge in [-0.3, -0.25) is 0 Å². The van der Waals surface area contributed by atoms with E-state index < -0.39 is 0 Å². The van der Waals surface area contributed by atoms with Gasteiger partial charge in [0.05, 0.1) is 0 Å². The van der Waals surface area contributed by atoms with Crippen molar-refractivity contribution < 1.29 is 0 Å². The lowest BCUT2D eigenvalue weighted by Crippen LogP contribution is -2.25. The van der Waals surface area contributed by atoms with E-state index in [0.29, 0.717) is 0 Å². The minimum atomic E-state index is 0.893. The van der Waals surface area contributed by atoms with Crippen LogP contribution in [0.2, 0.25) is 0 Å². The van der Waals surface area contributed by atoms with Gasteiger partial charge in [0, 0.05) is 43.4 Å². The van der Waals surface area contributed by atoms with E-state index in [9.17, 15) is 0 Å². The number of nitrogens with two attached hydrogens (primary N) is 1. The molecule has 0 saturated heterocycles. The van der Waals surface area contributed by atoms with Crippen molar-refractivity contribution >= 4 is 11.4 Å². The van der Waals surface area contributed by atoms with Gasteiger partial charge in [-0.15, -0.1) is 0 Å². The quantitative estimate of drug-likeness (QED) is 0.856. The van der Waals surface area contributed by atoms with Crippen molar-refractivity contribution in [3.8, 4) is 0 Å². The number of fused-ring (bicyclic) bond motifs is 1. The monoisotopic (exact) mass is 256 g/mol. The van der Waals surface area contributed by atoms with E-state index in [1.54, 1.807) is 0 Å². The lowest BCUT2D eigenvalue weighted by molar-refractivity contribution is 0.651. The van der Waals surface area contributed by atoms with E-state index in [-0.39, 0.29) is 0 Å². The Balaban J connectivity index is 1.76. The van der Waals surface area contributed by atoms with Gasteiger partial charge in [-0.2, -0.15) is 0 Å². The van der Waals surface area contributed by atoms with Crippen molar-refractivity contribution in [2.24, 2.45) is 0 Å². The van der Waals surface area contributed by atoms with Gasteiger partial charge >= 0.3 is 0 Å². The average molecular weight is 256 g/mol. The Morgan fingerprint density at radius 3 is 2.84 bits per heavy atom. The molecular formula is C15H20N4. The first-order valence-corrected chi connectivity index (χ1v) is 6.77. The van der Waals surface area contributed by atoms with Gasteiger partial charge < -0.3 is 15.2 Å². The van der Waals surface area contributed by atoms with Crippen LogP contribution < -0.4 is 10.6 Å². The first-order valence-electron chi connectivity index (χ1n) is 6.77. The average Bonchev–Trinajstić information content (AvgIpc) is 2.95. The smallest absolute Gasteiger partial charge is 0.105 e. The van der Waals surface area contributed by atoms with Crippen LogP contribution in [-0.2, 0) is 13.0 Å². The molecule has 0 saturated carbocycles. The maximum Gasteiger partial charge on any atom is 0.105 e. The van der Waals surface area contributed by atoms with Crippen molar-refractivity contribution in [1.29, 1.82) is 0 Å². The molecule has 0 radical (unpaired) electrons. The number of benzene rings is 1. The van der Waals surface area contributed by atoms with Crippen LogP contribution in [0.25, 0.3) is 0 Å². The van der Waals surface area contributed by atoms with Crippen LogP contribution >= 0.6 is 0 Å². The first-order chi connectivity index (χ1) is 9.15. The lowest BCUT2D eigenvalue weighted by Gasteiger charge is -2.20. The minimum Gasteiger partial charge on any atom is -0.398 e. The highest BCUT2D eigenvalue weighted by molar-refractivity contribution is 5.67. The number of rotatable bonds is 3. The fourth-order valence-corrected chi connectivity index (χ4v) is 2.74. The highest BCUT2D eigenvalue weighted by Gasteiger charge is 2.19. The van der Waals surface area contributed by atoms with Crippen molar-refractivity contribution in [3.05, 3.63) is 41.5 Å².